The second-order valence-electron chi connectivity index (χ2n) is 3.92. The van der Waals surface area contributed by atoms with E-state index >= 15 is 0 Å². The van der Waals surface area contributed by atoms with Crippen molar-refractivity contribution in [2.75, 3.05) is 0 Å². The third kappa shape index (κ3) is 1.18. The van der Waals surface area contributed by atoms with E-state index in [1.54, 1.807) is 22.7 Å². The first-order valence-corrected chi connectivity index (χ1v) is 6.64. The van der Waals surface area contributed by atoms with E-state index in [2.05, 4.69) is 18.8 Å². The lowest BCUT2D eigenvalue weighted by molar-refractivity contribution is 1.02. The minimum Gasteiger partial charge on any atom is -0.283 e. The second-order valence-corrected chi connectivity index (χ2v) is 6.33. The molecular formula is C11H11N3S2. The monoisotopic (exact) mass is 249 g/mol. The summed E-state index contributed by atoms with van der Waals surface area (Å²) in [7, 11) is 0. The Balaban J connectivity index is 2.65. The van der Waals surface area contributed by atoms with Gasteiger partial charge >= 0.3 is 0 Å². The van der Waals surface area contributed by atoms with E-state index in [-0.39, 0.29) is 0 Å². The van der Waals surface area contributed by atoms with Crippen LogP contribution in [0.1, 0.15) is 15.3 Å². The Labute approximate surface area is 101 Å². The van der Waals surface area contributed by atoms with Gasteiger partial charge in [0.05, 0.1) is 5.39 Å². The number of thiophene rings is 1. The summed E-state index contributed by atoms with van der Waals surface area (Å²) in [5.41, 5.74) is 1.75. The molecule has 0 saturated heterocycles. The fourth-order valence-corrected chi connectivity index (χ4v) is 3.78. The molecule has 0 amide bonds. The Morgan fingerprint density at radius 1 is 1.25 bits per heavy atom. The molecule has 0 aliphatic heterocycles. The van der Waals surface area contributed by atoms with Crippen molar-refractivity contribution in [3.8, 4) is 0 Å². The van der Waals surface area contributed by atoms with Gasteiger partial charge < -0.3 is 0 Å². The first-order valence-electron chi connectivity index (χ1n) is 5.01. The molecule has 0 aromatic carbocycles. The zero-order valence-corrected chi connectivity index (χ0v) is 10.9. The molecule has 3 aromatic heterocycles. The van der Waals surface area contributed by atoms with Crippen molar-refractivity contribution in [1.82, 2.24) is 9.38 Å². The summed E-state index contributed by atoms with van der Waals surface area (Å²) < 4.78 is 1.88. The highest BCUT2D eigenvalue weighted by molar-refractivity contribution is 7.19. The zero-order valence-electron chi connectivity index (χ0n) is 9.29. The predicted molar refractivity (Wildman–Crippen MR) is 68.5 cm³/mol. The van der Waals surface area contributed by atoms with Crippen LogP contribution in [0.15, 0.2) is 6.20 Å². The van der Waals surface area contributed by atoms with Gasteiger partial charge in [-0.1, -0.05) is 0 Å². The summed E-state index contributed by atoms with van der Waals surface area (Å²) in [5, 5.41) is 9.23. The van der Waals surface area contributed by atoms with Crippen molar-refractivity contribution in [2.45, 2.75) is 20.8 Å². The summed E-state index contributed by atoms with van der Waals surface area (Å²) in [4.78, 5) is 8.97. The van der Waals surface area contributed by atoms with Crippen LogP contribution in [0.25, 0.3) is 15.2 Å². The first-order chi connectivity index (χ1) is 7.58. The summed E-state index contributed by atoms with van der Waals surface area (Å²) in [6, 6.07) is 0. The molecule has 0 bridgehead atoms. The Hall–Kier alpha value is -1.20. The second kappa shape index (κ2) is 3.15. The van der Waals surface area contributed by atoms with E-state index < -0.39 is 0 Å². The maximum Gasteiger partial charge on any atom is 0.196 e. The normalized spacial score (nSPS) is 11.7. The van der Waals surface area contributed by atoms with Crippen LogP contribution in [0.5, 0.6) is 0 Å². The third-order valence-corrected chi connectivity index (χ3v) is 4.81. The lowest BCUT2D eigenvalue weighted by atomic mass is 10.2. The third-order valence-electron chi connectivity index (χ3n) is 2.81. The van der Waals surface area contributed by atoms with Gasteiger partial charge in [0.2, 0.25) is 0 Å². The van der Waals surface area contributed by atoms with Gasteiger partial charge in [0.1, 0.15) is 10.3 Å². The van der Waals surface area contributed by atoms with Crippen LogP contribution >= 0.6 is 22.7 Å². The van der Waals surface area contributed by atoms with Gasteiger partial charge in [-0.3, -0.25) is 9.81 Å². The fourth-order valence-electron chi connectivity index (χ4n) is 1.87. The Bertz CT molecular complexity index is 761. The van der Waals surface area contributed by atoms with E-state index in [1.807, 2.05) is 17.5 Å². The van der Waals surface area contributed by atoms with Gasteiger partial charge in [-0.2, -0.15) is 0 Å². The molecule has 0 radical (unpaired) electrons. The predicted octanol–water partition coefficient (Wildman–Crippen LogP) is 3.02. The molecule has 0 aliphatic rings. The Morgan fingerprint density at radius 2 is 2.00 bits per heavy atom. The van der Waals surface area contributed by atoms with Gasteiger partial charge in [0, 0.05) is 16.0 Å². The first kappa shape index (κ1) is 9.99. The van der Waals surface area contributed by atoms with Gasteiger partial charge in [-0.05, 0) is 26.3 Å². The summed E-state index contributed by atoms with van der Waals surface area (Å²) in [5.74, 6) is 0. The Kier molecular flexibility index (Phi) is 1.96. The molecule has 3 rings (SSSR count). The van der Waals surface area contributed by atoms with Crippen LogP contribution in [0.2, 0.25) is 0 Å². The van der Waals surface area contributed by atoms with Gasteiger partial charge in [0.25, 0.3) is 0 Å². The van der Waals surface area contributed by atoms with Crippen molar-refractivity contribution >= 4 is 37.9 Å². The molecule has 0 unspecified atom stereocenters. The maximum atomic E-state index is 8.24. The zero-order chi connectivity index (χ0) is 11.4. The topological polar surface area (TPSA) is 41.2 Å². The smallest absolute Gasteiger partial charge is 0.196 e. The quantitative estimate of drug-likeness (QED) is 0.653. The molecule has 3 heterocycles. The molecule has 3 aromatic rings. The van der Waals surface area contributed by atoms with Crippen LogP contribution in [0.3, 0.4) is 0 Å². The highest BCUT2D eigenvalue weighted by Crippen LogP contribution is 2.27. The summed E-state index contributed by atoms with van der Waals surface area (Å²) in [6.45, 7) is 6.20. The molecule has 3 nitrogen and oxygen atoms in total. The van der Waals surface area contributed by atoms with E-state index in [4.69, 9.17) is 5.41 Å². The van der Waals surface area contributed by atoms with E-state index in [9.17, 15) is 0 Å². The van der Waals surface area contributed by atoms with E-state index in [0.29, 0.717) is 5.49 Å². The lowest BCUT2D eigenvalue weighted by Gasteiger charge is -1.96. The highest BCUT2D eigenvalue weighted by Gasteiger charge is 2.11. The largest absolute Gasteiger partial charge is 0.283 e. The van der Waals surface area contributed by atoms with Crippen molar-refractivity contribution in [2.24, 2.45) is 0 Å². The van der Waals surface area contributed by atoms with Gasteiger partial charge in [-0.25, -0.2) is 4.98 Å². The number of aromatic nitrogens is 2. The highest BCUT2D eigenvalue weighted by atomic mass is 32.1. The van der Waals surface area contributed by atoms with Crippen LogP contribution in [-0.4, -0.2) is 9.38 Å². The molecule has 0 saturated carbocycles. The summed E-state index contributed by atoms with van der Waals surface area (Å²) >= 11 is 3.31. The number of fused-ring (bicyclic) bond motifs is 2. The summed E-state index contributed by atoms with van der Waals surface area (Å²) in [6.07, 6.45) is 1.99. The lowest BCUT2D eigenvalue weighted by Crippen LogP contribution is -2.12. The van der Waals surface area contributed by atoms with Crippen LogP contribution in [-0.2, 0) is 0 Å². The molecule has 0 fully saturated rings. The average molecular weight is 249 g/mol. The SMILES string of the molecule is Cc1cn2c(=N)c3c(C)c(C)sc3nc2s1. The van der Waals surface area contributed by atoms with Gasteiger partial charge in [-0.15, -0.1) is 22.7 Å². The minimum atomic E-state index is 0.561. The van der Waals surface area contributed by atoms with Crippen LogP contribution in [0, 0.1) is 26.2 Å². The molecule has 0 atom stereocenters. The van der Waals surface area contributed by atoms with Crippen molar-refractivity contribution in [3.05, 3.63) is 27.0 Å². The average Bonchev–Trinajstić information content (AvgIpc) is 2.70. The van der Waals surface area contributed by atoms with Crippen LogP contribution < -0.4 is 5.49 Å². The molecule has 82 valence electrons. The van der Waals surface area contributed by atoms with E-state index in [1.165, 1.54) is 15.3 Å². The molecule has 1 N–H and O–H groups in total. The van der Waals surface area contributed by atoms with Crippen LogP contribution in [0.4, 0.5) is 0 Å². The number of rotatable bonds is 0. The number of thiazole rings is 1. The number of hydrogen-bond acceptors (Lipinski definition) is 4. The van der Waals surface area contributed by atoms with Gasteiger partial charge in [0.15, 0.2) is 4.96 Å². The number of aryl methyl sites for hydroxylation is 3. The number of hydrogen-bond donors (Lipinski definition) is 1. The molecule has 16 heavy (non-hydrogen) atoms. The van der Waals surface area contributed by atoms with E-state index in [0.717, 1.165) is 15.2 Å². The number of nitrogens with zero attached hydrogens (tertiary/aromatic N) is 2. The number of nitrogens with one attached hydrogen (secondary N) is 1. The molecule has 5 heteroatoms. The maximum absolute atomic E-state index is 8.24. The van der Waals surface area contributed by atoms with Crippen molar-refractivity contribution < 1.29 is 0 Å². The molecular weight excluding hydrogens is 238 g/mol. The molecule has 0 aliphatic carbocycles. The Morgan fingerprint density at radius 3 is 2.75 bits per heavy atom. The minimum absolute atomic E-state index is 0.561. The van der Waals surface area contributed by atoms with Crippen molar-refractivity contribution in [3.63, 3.8) is 0 Å². The standard InChI is InChI=1S/C11H11N3S2/c1-5-4-14-9(12)8-6(2)7(3)16-10(8)13-11(14)15-5/h4,12H,1-3H3. The van der Waals surface area contributed by atoms with Crippen molar-refractivity contribution in [1.29, 1.82) is 5.41 Å². The molecule has 0 spiro atoms. The fraction of sp³-hybridized carbons (Fsp3) is 0.273.